The molecule has 0 aliphatic carbocycles. The summed E-state index contributed by atoms with van der Waals surface area (Å²) in [4.78, 5) is 7.12. The van der Waals surface area contributed by atoms with Crippen molar-refractivity contribution >= 4 is 5.95 Å². The normalized spacial score (nSPS) is 12.5. The van der Waals surface area contributed by atoms with Gasteiger partial charge in [0.05, 0.1) is 12.8 Å². The molecular formula is C9H14FN3O2. The van der Waals surface area contributed by atoms with Crippen LogP contribution in [0.5, 0.6) is 5.88 Å². The highest BCUT2D eigenvalue weighted by atomic mass is 19.1. The van der Waals surface area contributed by atoms with Gasteiger partial charge in [-0.25, -0.2) is 4.98 Å². The van der Waals surface area contributed by atoms with E-state index in [0.717, 1.165) is 6.20 Å². The monoisotopic (exact) mass is 215 g/mol. The van der Waals surface area contributed by atoms with Crippen molar-refractivity contribution in [2.24, 2.45) is 0 Å². The summed E-state index contributed by atoms with van der Waals surface area (Å²) in [6.45, 7) is 4.59. The number of aromatic nitrogens is 2. The molecule has 1 heterocycles. The molecule has 0 fully saturated rings. The zero-order chi connectivity index (χ0) is 11.3. The molecule has 84 valence electrons. The minimum Gasteiger partial charge on any atom is -0.470 e. The van der Waals surface area contributed by atoms with Crippen LogP contribution in [0.4, 0.5) is 10.3 Å². The Balaban J connectivity index is 2.59. The highest BCUT2D eigenvalue weighted by molar-refractivity contribution is 5.22. The van der Waals surface area contributed by atoms with Gasteiger partial charge >= 0.3 is 0 Å². The van der Waals surface area contributed by atoms with E-state index in [0.29, 0.717) is 13.2 Å². The van der Waals surface area contributed by atoms with Gasteiger partial charge in [0.25, 0.3) is 5.88 Å². The van der Waals surface area contributed by atoms with Gasteiger partial charge in [0, 0.05) is 6.61 Å². The number of nitrogen functional groups attached to an aromatic ring is 1. The van der Waals surface area contributed by atoms with Crippen LogP contribution in [0.15, 0.2) is 6.20 Å². The van der Waals surface area contributed by atoms with Crippen LogP contribution in [0, 0.1) is 5.82 Å². The molecule has 0 amide bonds. The maximum atomic E-state index is 13.1. The molecule has 6 heteroatoms. The fourth-order valence-corrected chi connectivity index (χ4v) is 0.955. The molecule has 1 rings (SSSR count). The highest BCUT2D eigenvalue weighted by Gasteiger charge is 2.11. The Kier molecular flexibility index (Phi) is 4.23. The number of anilines is 1. The van der Waals surface area contributed by atoms with Gasteiger partial charge in [-0.2, -0.15) is 9.37 Å². The molecule has 0 radical (unpaired) electrons. The first-order chi connectivity index (χ1) is 7.13. The van der Waals surface area contributed by atoms with E-state index >= 15 is 0 Å². The molecule has 0 aromatic carbocycles. The molecule has 2 N–H and O–H groups in total. The fraction of sp³-hybridized carbons (Fsp3) is 0.556. The Morgan fingerprint density at radius 1 is 1.60 bits per heavy atom. The second-order valence-electron chi connectivity index (χ2n) is 2.97. The van der Waals surface area contributed by atoms with E-state index < -0.39 is 5.82 Å². The summed E-state index contributed by atoms with van der Waals surface area (Å²) in [5.74, 6) is -0.794. The van der Waals surface area contributed by atoms with Gasteiger partial charge in [0.2, 0.25) is 11.8 Å². The first-order valence-corrected chi connectivity index (χ1v) is 4.66. The smallest absolute Gasteiger partial charge is 0.255 e. The van der Waals surface area contributed by atoms with Crippen molar-refractivity contribution in [1.29, 1.82) is 0 Å². The summed E-state index contributed by atoms with van der Waals surface area (Å²) >= 11 is 0. The Labute approximate surface area is 87.4 Å². The average molecular weight is 215 g/mol. The van der Waals surface area contributed by atoms with Crippen LogP contribution >= 0.6 is 0 Å². The number of nitrogens with two attached hydrogens (primary N) is 1. The zero-order valence-electron chi connectivity index (χ0n) is 8.74. The fourth-order valence-electron chi connectivity index (χ4n) is 0.955. The van der Waals surface area contributed by atoms with Crippen molar-refractivity contribution in [2.45, 2.75) is 20.0 Å². The predicted molar refractivity (Wildman–Crippen MR) is 53.0 cm³/mol. The lowest BCUT2D eigenvalue weighted by molar-refractivity contribution is 0.0610. The number of halogens is 1. The van der Waals surface area contributed by atoms with Crippen molar-refractivity contribution < 1.29 is 13.9 Å². The Hall–Kier alpha value is -1.43. The lowest BCUT2D eigenvalue weighted by Gasteiger charge is -2.13. The van der Waals surface area contributed by atoms with Gasteiger partial charge in [-0.1, -0.05) is 0 Å². The summed E-state index contributed by atoms with van der Waals surface area (Å²) in [6.07, 6.45) is 0.694. The van der Waals surface area contributed by atoms with Crippen LogP contribution in [0.3, 0.4) is 0 Å². The number of nitrogens with zero attached hydrogens (tertiary/aromatic N) is 2. The molecule has 1 aromatic heterocycles. The Bertz CT molecular complexity index is 322. The lowest BCUT2D eigenvalue weighted by Crippen LogP contribution is -2.20. The summed E-state index contributed by atoms with van der Waals surface area (Å²) in [6, 6.07) is 0. The Morgan fingerprint density at radius 2 is 2.33 bits per heavy atom. The molecule has 0 aliphatic heterocycles. The van der Waals surface area contributed by atoms with Crippen molar-refractivity contribution in [3.63, 3.8) is 0 Å². The molecule has 0 bridgehead atoms. The second-order valence-corrected chi connectivity index (χ2v) is 2.97. The van der Waals surface area contributed by atoms with Crippen LogP contribution in [0.2, 0.25) is 0 Å². The number of hydrogen-bond acceptors (Lipinski definition) is 5. The summed E-state index contributed by atoms with van der Waals surface area (Å²) < 4.78 is 23.4. The quantitative estimate of drug-likeness (QED) is 0.793. The number of rotatable bonds is 5. The molecule has 1 aromatic rings. The van der Waals surface area contributed by atoms with Gasteiger partial charge in [0.15, 0.2) is 0 Å². The number of hydrogen-bond donors (Lipinski definition) is 1. The molecule has 0 spiro atoms. The molecule has 0 saturated heterocycles. The summed E-state index contributed by atoms with van der Waals surface area (Å²) in [7, 11) is 0. The zero-order valence-corrected chi connectivity index (χ0v) is 8.74. The molecule has 5 nitrogen and oxygen atoms in total. The standard InChI is InChI=1S/C9H14FN3O2/c1-3-14-5-6(2)15-8-7(10)4-12-9(11)13-8/h4,6H,3,5H2,1-2H3,(H2,11,12,13). The van der Waals surface area contributed by atoms with Gasteiger partial charge in [0.1, 0.15) is 6.10 Å². The van der Waals surface area contributed by atoms with Crippen molar-refractivity contribution in [3.8, 4) is 5.88 Å². The van der Waals surface area contributed by atoms with Crippen LogP contribution in [-0.4, -0.2) is 29.3 Å². The maximum absolute atomic E-state index is 13.1. The molecule has 15 heavy (non-hydrogen) atoms. The van der Waals surface area contributed by atoms with Gasteiger partial charge in [-0.15, -0.1) is 0 Å². The molecule has 0 aliphatic rings. The van der Waals surface area contributed by atoms with E-state index in [1.54, 1.807) is 6.92 Å². The van der Waals surface area contributed by atoms with E-state index in [1.165, 1.54) is 0 Å². The third-order valence-electron chi connectivity index (χ3n) is 1.60. The van der Waals surface area contributed by atoms with Gasteiger partial charge in [-0.3, -0.25) is 0 Å². The van der Waals surface area contributed by atoms with E-state index in [1.807, 2.05) is 6.92 Å². The first kappa shape index (κ1) is 11.6. The van der Waals surface area contributed by atoms with E-state index in [4.69, 9.17) is 15.2 Å². The first-order valence-electron chi connectivity index (χ1n) is 4.66. The van der Waals surface area contributed by atoms with Crippen LogP contribution < -0.4 is 10.5 Å². The minimum atomic E-state index is -0.632. The molecular weight excluding hydrogens is 201 g/mol. The van der Waals surface area contributed by atoms with Crippen molar-refractivity contribution in [3.05, 3.63) is 12.0 Å². The van der Waals surface area contributed by atoms with Crippen LogP contribution in [0.25, 0.3) is 0 Å². The number of ether oxygens (including phenoxy) is 2. The van der Waals surface area contributed by atoms with E-state index in [-0.39, 0.29) is 17.9 Å². The summed E-state index contributed by atoms with van der Waals surface area (Å²) in [5, 5.41) is 0. The van der Waals surface area contributed by atoms with Gasteiger partial charge in [-0.05, 0) is 13.8 Å². The third kappa shape index (κ3) is 3.67. The molecule has 1 atom stereocenters. The minimum absolute atomic E-state index is 0.0185. The van der Waals surface area contributed by atoms with E-state index in [2.05, 4.69) is 9.97 Å². The van der Waals surface area contributed by atoms with E-state index in [9.17, 15) is 4.39 Å². The molecule has 1 unspecified atom stereocenters. The van der Waals surface area contributed by atoms with Crippen molar-refractivity contribution in [1.82, 2.24) is 9.97 Å². The Morgan fingerprint density at radius 3 is 3.00 bits per heavy atom. The summed E-state index contributed by atoms with van der Waals surface area (Å²) in [5.41, 5.74) is 5.30. The van der Waals surface area contributed by atoms with Crippen LogP contribution in [0.1, 0.15) is 13.8 Å². The lowest BCUT2D eigenvalue weighted by atomic mass is 10.4. The maximum Gasteiger partial charge on any atom is 0.255 e. The van der Waals surface area contributed by atoms with Crippen molar-refractivity contribution in [2.75, 3.05) is 18.9 Å². The van der Waals surface area contributed by atoms with Gasteiger partial charge < -0.3 is 15.2 Å². The largest absolute Gasteiger partial charge is 0.470 e. The van der Waals surface area contributed by atoms with Crippen LogP contribution in [-0.2, 0) is 4.74 Å². The third-order valence-corrected chi connectivity index (χ3v) is 1.60. The predicted octanol–water partition coefficient (Wildman–Crippen LogP) is 1.00. The highest BCUT2D eigenvalue weighted by Crippen LogP contribution is 2.14. The average Bonchev–Trinajstić information content (AvgIpc) is 2.20. The molecule has 0 saturated carbocycles. The second kappa shape index (κ2) is 5.45. The topological polar surface area (TPSA) is 70.3 Å². The SMILES string of the molecule is CCOCC(C)Oc1nc(N)ncc1F.